The third-order valence-corrected chi connectivity index (χ3v) is 3.72. The van der Waals surface area contributed by atoms with Gasteiger partial charge in [-0.3, -0.25) is 0 Å². The van der Waals surface area contributed by atoms with Gasteiger partial charge in [0.1, 0.15) is 5.75 Å². The molecular weight excluding hydrogens is 318 g/mol. The molecule has 0 aliphatic carbocycles. The van der Waals surface area contributed by atoms with Gasteiger partial charge in [0.2, 0.25) is 0 Å². The Morgan fingerprint density at radius 3 is 2.50 bits per heavy atom. The summed E-state index contributed by atoms with van der Waals surface area (Å²) in [7, 11) is 0. The van der Waals surface area contributed by atoms with E-state index in [0.29, 0.717) is 6.61 Å². The lowest BCUT2D eigenvalue weighted by atomic mass is 10.0. The van der Waals surface area contributed by atoms with Crippen LogP contribution in [0.3, 0.4) is 0 Å². The minimum absolute atomic E-state index is 0.124. The molecule has 0 fully saturated rings. The minimum atomic E-state index is 0.124. The number of rotatable bonds is 7. The number of benzene rings is 1. The van der Waals surface area contributed by atoms with E-state index >= 15 is 0 Å². The molecule has 108 valence electrons. The number of hydrogen-bond donors (Lipinski definition) is 1. The molecule has 0 saturated heterocycles. The van der Waals surface area contributed by atoms with Crippen molar-refractivity contribution in [2.45, 2.75) is 26.3 Å². The van der Waals surface area contributed by atoms with E-state index in [-0.39, 0.29) is 6.04 Å². The summed E-state index contributed by atoms with van der Waals surface area (Å²) >= 11 is 3.46. The average molecular weight is 338 g/mol. The number of halogens is 1. The topological polar surface area (TPSA) is 34.4 Å². The van der Waals surface area contributed by atoms with Crippen LogP contribution < -0.4 is 10.1 Å². The average Bonchev–Trinajstić information content (AvgIpc) is 2.88. The van der Waals surface area contributed by atoms with Gasteiger partial charge in [-0.1, -0.05) is 19.1 Å². The summed E-state index contributed by atoms with van der Waals surface area (Å²) in [6.45, 7) is 5.79. The van der Waals surface area contributed by atoms with Crippen molar-refractivity contribution in [2.24, 2.45) is 0 Å². The van der Waals surface area contributed by atoms with Crippen molar-refractivity contribution in [1.82, 2.24) is 5.32 Å². The molecule has 3 nitrogen and oxygen atoms in total. The van der Waals surface area contributed by atoms with Gasteiger partial charge in [0.15, 0.2) is 4.67 Å². The van der Waals surface area contributed by atoms with Crippen LogP contribution in [0.15, 0.2) is 45.7 Å². The number of furan rings is 1. The molecule has 1 unspecified atom stereocenters. The Morgan fingerprint density at radius 2 is 1.95 bits per heavy atom. The molecule has 0 bridgehead atoms. The quantitative estimate of drug-likeness (QED) is 0.805. The van der Waals surface area contributed by atoms with Gasteiger partial charge in [-0.05, 0) is 59.6 Å². The van der Waals surface area contributed by atoms with Gasteiger partial charge in [-0.2, -0.15) is 0 Å². The van der Waals surface area contributed by atoms with Crippen molar-refractivity contribution in [3.8, 4) is 5.75 Å². The van der Waals surface area contributed by atoms with Crippen LogP contribution in [0.5, 0.6) is 5.75 Å². The first-order valence-corrected chi connectivity index (χ1v) is 7.74. The van der Waals surface area contributed by atoms with Crippen LogP contribution in [0.2, 0.25) is 0 Å². The maximum atomic E-state index is 5.49. The summed E-state index contributed by atoms with van der Waals surface area (Å²) in [5, 5.41) is 3.55. The molecule has 4 heteroatoms. The maximum Gasteiger partial charge on any atom is 0.174 e. The minimum Gasteiger partial charge on any atom is -0.494 e. The van der Waals surface area contributed by atoms with Gasteiger partial charge in [-0.25, -0.2) is 0 Å². The predicted octanol–water partition coefficient (Wildman–Crippen LogP) is 4.53. The van der Waals surface area contributed by atoms with Crippen LogP contribution in [-0.2, 0) is 0 Å². The highest BCUT2D eigenvalue weighted by molar-refractivity contribution is 9.10. The van der Waals surface area contributed by atoms with Crippen LogP contribution in [0, 0.1) is 0 Å². The van der Waals surface area contributed by atoms with Gasteiger partial charge in [0.05, 0.1) is 18.9 Å². The Kier molecular flexibility index (Phi) is 5.68. The summed E-state index contributed by atoms with van der Waals surface area (Å²) in [4.78, 5) is 0. The number of ether oxygens (including phenoxy) is 1. The van der Waals surface area contributed by atoms with Crippen LogP contribution in [-0.4, -0.2) is 13.2 Å². The fraction of sp³-hybridized carbons (Fsp3) is 0.375. The highest BCUT2D eigenvalue weighted by Crippen LogP contribution is 2.30. The predicted molar refractivity (Wildman–Crippen MR) is 84.2 cm³/mol. The molecule has 20 heavy (non-hydrogen) atoms. The van der Waals surface area contributed by atoms with Crippen molar-refractivity contribution in [3.05, 3.63) is 52.4 Å². The molecular formula is C16H20BrNO2. The molecule has 1 N–H and O–H groups in total. The first-order valence-electron chi connectivity index (χ1n) is 6.95. The SMILES string of the molecule is CCCNC(c1ccc(OCC)cc1)c1ccoc1Br. The smallest absolute Gasteiger partial charge is 0.174 e. The second kappa shape index (κ2) is 7.50. The molecule has 1 heterocycles. The number of hydrogen-bond acceptors (Lipinski definition) is 3. The molecule has 0 aliphatic rings. The highest BCUT2D eigenvalue weighted by atomic mass is 79.9. The Labute approximate surface area is 128 Å². The van der Waals surface area contributed by atoms with E-state index in [9.17, 15) is 0 Å². The van der Waals surface area contributed by atoms with Gasteiger partial charge in [0.25, 0.3) is 0 Å². The molecule has 1 atom stereocenters. The van der Waals surface area contributed by atoms with Gasteiger partial charge in [-0.15, -0.1) is 0 Å². The standard InChI is InChI=1S/C16H20BrNO2/c1-3-10-18-15(14-9-11-20-16(14)17)12-5-7-13(8-6-12)19-4-2/h5-9,11,15,18H,3-4,10H2,1-2H3. The summed E-state index contributed by atoms with van der Waals surface area (Å²) in [6.07, 6.45) is 2.79. The zero-order valence-corrected chi connectivity index (χ0v) is 13.4. The van der Waals surface area contributed by atoms with Crippen molar-refractivity contribution < 1.29 is 9.15 Å². The van der Waals surface area contributed by atoms with Crippen LogP contribution in [0.4, 0.5) is 0 Å². The van der Waals surface area contributed by atoms with Crippen LogP contribution in [0.1, 0.15) is 37.4 Å². The molecule has 1 aromatic carbocycles. The molecule has 0 amide bonds. The Morgan fingerprint density at radius 1 is 1.20 bits per heavy atom. The van der Waals surface area contributed by atoms with Crippen LogP contribution in [0.25, 0.3) is 0 Å². The molecule has 0 saturated carbocycles. The summed E-state index contributed by atoms with van der Waals surface area (Å²) < 4.78 is 11.6. The van der Waals surface area contributed by atoms with Crippen LogP contribution >= 0.6 is 15.9 Å². The van der Waals surface area contributed by atoms with Crippen molar-refractivity contribution in [2.75, 3.05) is 13.2 Å². The van der Waals surface area contributed by atoms with E-state index in [1.165, 1.54) is 5.56 Å². The third-order valence-electron chi connectivity index (χ3n) is 3.08. The van der Waals surface area contributed by atoms with E-state index < -0.39 is 0 Å². The lowest BCUT2D eigenvalue weighted by Crippen LogP contribution is -2.23. The molecule has 0 radical (unpaired) electrons. The first-order chi connectivity index (χ1) is 9.76. The largest absolute Gasteiger partial charge is 0.494 e. The summed E-state index contributed by atoms with van der Waals surface area (Å²) in [5.41, 5.74) is 2.31. The zero-order chi connectivity index (χ0) is 14.4. The normalized spacial score (nSPS) is 12.3. The Hall–Kier alpha value is -1.26. The van der Waals surface area contributed by atoms with E-state index in [1.54, 1.807) is 6.26 Å². The fourth-order valence-electron chi connectivity index (χ4n) is 2.13. The summed E-state index contributed by atoms with van der Waals surface area (Å²) in [5.74, 6) is 0.900. The van der Waals surface area contributed by atoms with E-state index in [1.807, 2.05) is 25.1 Å². The highest BCUT2D eigenvalue weighted by Gasteiger charge is 2.18. The molecule has 2 aromatic rings. The molecule has 0 spiro atoms. The molecule has 1 aromatic heterocycles. The monoisotopic (exact) mass is 337 g/mol. The van der Waals surface area contributed by atoms with Crippen molar-refractivity contribution >= 4 is 15.9 Å². The van der Waals surface area contributed by atoms with Gasteiger partial charge < -0.3 is 14.5 Å². The second-order valence-corrected chi connectivity index (χ2v) is 5.26. The van der Waals surface area contributed by atoms with E-state index in [4.69, 9.17) is 9.15 Å². The molecule has 2 rings (SSSR count). The van der Waals surface area contributed by atoms with Crippen molar-refractivity contribution in [1.29, 1.82) is 0 Å². The summed E-state index contributed by atoms with van der Waals surface area (Å²) in [6, 6.07) is 10.3. The number of nitrogens with one attached hydrogen (secondary N) is 1. The van der Waals surface area contributed by atoms with E-state index in [2.05, 4.69) is 40.3 Å². The Balaban J connectivity index is 2.24. The molecule has 0 aliphatic heterocycles. The van der Waals surface area contributed by atoms with Gasteiger partial charge in [0, 0.05) is 5.56 Å². The lowest BCUT2D eigenvalue weighted by molar-refractivity contribution is 0.340. The lowest BCUT2D eigenvalue weighted by Gasteiger charge is -2.18. The second-order valence-electron chi connectivity index (χ2n) is 4.54. The maximum absolute atomic E-state index is 5.49. The van der Waals surface area contributed by atoms with Gasteiger partial charge >= 0.3 is 0 Å². The fourth-order valence-corrected chi connectivity index (χ4v) is 2.60. The first kappa shape index (κ1) is 15.1. The zero-order valence-electron chi connectivity index (χ0n) is 11.9. The Bertz CT molecular complexity index is 522. The third kappa shape index (κ3) is 3.64. The van der Waals surface area contributed by atoms with Crippen molar-refractivity contribution in [3.63, 3.8) is 0 Å². The van der Waals surface area contributed by atoms with E-state index in [0.717, 1.165) is 28.9 Å².